The monoisotopic (exact) mass is 410 g/mol. The van der Waals surface area contributed by atoms with Crippen LogP contribution in [-0.4, -0.2) is 43.8 Å². The van der Waals surface area contributed by atoms with E-state index in [4.69, 9.17) is 25.8 Å². The fraction of sp³-hybridized carbons (Fsp3) is 0.421. The molecule has 0 unspecified atom stereocenters. The molecule has 2 N–H and O–H groups in total. The molecule has 1 aliphatic heterocycles. The topological polar surface area (TPSA) is 103 Å². The Kier molecular flexibility index (Phi) is 7.69. The Balaban J connectivity index is 2.01. The van der Waals surface area contributed by atoms with Crippen molar-refractivity contribution >= 4 is 29.6 Å². The molecule has 0 saturated heterocycles. The first kappa shape index (κ1) is 21.6. The second-order valence-corrected chi connectivity index (χ2v) is 6.44. The van der Waals surface area contributed by atoms with Crippen LogP contribution in [0.5, 0.6) is 5.75 Å². The lowest BCUT2D eigenvalue weighted by Crippen LogP contribution is -2.51. The van der Waals surface area contributed by atoms with Crippen LogP contribution in [0.25, 0.3) is 0 Å². The highest BCUT2D eigenvalue weighted by Crippen LogP contribution is 2.21. The van der Waals surface area contributed by atoms with Gasteiger partial charge in [0.15, 0.2) is 6.61 Å². The maximum Gasteiger partial charge on any atom is 0.344 e. The molecule has 0 aromatic heterocycles. The minimum atomic E-state index is -0.649. The lowest BCUT2D eigenvalue weighted by atomic mass is 10.0. The van der Waals surface area contributed by atoms with Crippen LogP contribution in [0.2, 0.25) is 5.02 Å². The second-order valence-electron chi connectivity index (χ2n) is 6.03. The zero-order valence-electron chi connectivity index (χ0n) is 16.0. The number of ether oxygens (including phenoxy) is 3. The van der Waals surface area contributed by atoms with Crippen LogP contribution in [-0.2, 0) is 19.1 Å². The molecule has 1 heterocycles. The predicted molar refractivity (Wildman–Crippen MR) is 102 cm³/mol. The number of hydrogen-bond donors (Lipinski definition) is 2. The Morgan fingerprint density at radius 1 is 1.21 bits per heavy atom. The van der Waals surface area contributed by atoms with Crippen molar-refractivity contribution < 1.29 is 28.6 Å². The van der Waals surface area contributed by atoms with Gasteiger partial charge in [-0.1, -0.05) is 18.5 Å². The number of benzene rings is 1. The predicted octanol–water partition coefficient (Wildman–Crippen LogP) is 2.48. The highest BCUT2D eigenvalue weighted by molar-refractivity contribution is 6.31. The van der Waals surface area contributed by atoms with Crippen molar-refractivity contribution in [2.24, 2.45) is 0 Å². The van der Waals surface area contributed by atoms with Gasteiger partial charge in [0.1, 0.15) is 12.4 Å². The molecule has 1 atom stereocenters. The summed E-state index contributed by atoms with van der Waals surface area (Å²) in [6.45, 7) is 4.91. The Bertz CT molecular complexity index is 793. The first-order chi connectivity index (χ1) is 13.3. The van der Waals surface area contributed by atoms with Crippen LogP contribution >= 0.6 is 11.6 Å². The van der Waals surface area contributed by atoms with E-state index in [-0.39, 0.29) is 31.1 Å². The number of nitrogens with one attached hydrogen (secondary N) is 2. The first-order valence-corrected chi connectivity index (χ1v) is 9.25. The molecule has 0 radical (unpaired) electrons. The van der Waals surface area contributed by atoms with Crippen LogP contribution in [0, 0.1) is 6.92 Å². The van der Waals surface area contributed by atoms with E-state index in [0.717, 1.165) is 5.56 Å². The van der Waals surface area contributed by atoms with Gasteiger partial charge in [0, 0.05) is 5.02 Å². The van der Waals surface area contributed by atoms with Crippen LogP contribution in [0.3, 0.4) is 0 Å². The van der Waals surface area contributed by atoms with E-state index in [2.05, 4.69) is 10.6 Å². The van der Waals surface area contributed by atoms with Gasteiger partial charge in [-0.3, -0.25) is 0 Å². The lowest BCUT2D eigenvalue weighted by molar-refractivity contribution is -0.145. The molecule has 2 rings (SSSR count). The van der Waals surface area contributed by atoms with E-state index >= 15 is 0 Å². The largest absolute Gasteiger partial charge is 0.482 e. The molecule has 1 aliphatic rings. The van der Waals surface area contributed by atoms with Gasteiger partial charge in [-0.05, 0) is 44.0 Å². The third kappa shape index (κ3) is 5.63. The summed E-state index contributed by atoms with van der Waals surface area (Å²) in [6.07, 6.45) is 0.484. The minimum Gasteiger partial charge on any atom is -0.482 e. The van der Waals surface area contributed by atoms with Gasteiger partial charge in [-0.15, -0.1) is 0 Å². The number of aryl methyl sites for hydroxylation is 1. The normalized spacial score (nSPS) is 16.1. The maximum absolute atomic E-state index is 12.3. The zero-order valence-corrected chi connectivity index (χ0v) is 16.7. The van der Waals surface area contributed by atoms with Crippen molar-refractivity contribution in [2.75, 3.05) is 19.8 Å². The maximum atomic E-state index is 12.3. The molecule has 0 spiro atoms. The SMILES string of the molecule is CCOC(=O)C1=C(COC(=O)COc2ccc(Cl)c(C)c2)NC(=O)N[C@@H]1CC. The molecule has 9 heteroatoms. The molecule has 28 heavy (non-hydrogen) atoms. The van der Waals surface area contributed by atoms with Crippen molar-refractivity contribution in [3.05, 3.63) is 40.1 Å². The molecule has 0 bridgehead atoms. The van der Waals surface area contributed by atoms with Crippen LogP contribution in [0.15, 0.2) is 29.5 Å². The van der Waals surface area contributed by atoms with E-state index in [1.807, 2.05) is 13.8 Å². The Morgan fingerprint density at radius 2 is 1.96 bits per heavy atom. The third-order valence-corrected chi connectivity index (χ3v) is 4.43. The van der Waals surface area contributed by atoms with E-state index in [1.165, 1.54) is 0 Å². The van der Waals surface area contributed by atoms with Crippen molar-refractivity contribution in [1.82, 2.24) is 10.6 Å². The average molecular weight is 411 g/mol. The van der Waals surface area contributed by atoms with Gasteiger partial charge in [-0.25, -0.2) is 14.4 Å². The summed E-state index contributed by atoms with van der Waals surface area (Å²) in [5.74, 6) is -0.739. The van der Waals surface area contributed by atoms with Crippen molar-refractivity contribution in [2.45, 2.75) is 33.2 Å². The van der Waals surface area contributed by atoms with Crippen LogP contribution in [0.1, 0.15) is 25.8 Å². The fourth-order valence-electron chi connectivity index (χ4n) is 2.62. The molecule has 0 aliphatic carbocycles. The van der Waals surface area contributed by atoms with Gasteiger partial charge in [0.05, 0.1) is 23.9 Å². The number of halogens is 1. The third-order valence-electron chi connectivity index (χ3n) is 4.01. The van der Waals surface area contributed by atoms with Crippen molar-refractivity contribution in [1.29, 1.82) is 0 Å². The summed E-state index contributed by atoms with van der Waals surface area (Å²) in [4.78, 5) is 36.1. The number of carbonyl (C=O) groups excluding carboxylic acids is 3. The number of urea groups is 1. The quantitative estimate of drug-likeness (QED) is 0.638. The number of carbonyl (C=O) groups is 3. The Hall–Kier alpha value is -2.74. The van der Waals surface area contributed by atoms with E-state index < -0.39 is 24.0 Å². The second kappa shape index (κ2) is 9.98. The van der Waals surface area contributed by atoms with Crippen molar-refractivity contribution in [3.8, 4) is 5.75 Å². The van der Waals surface area contributed by atoms with Crippen LogP contribution in [0.4, 0.5) is 4.79 Å². The highest BCUT2D eigenvalue weighted by Gasteiger charge is 2.32. The first-order valence-electron chi connectivity index (χ1n) is 8.87. The Morgan fingerprint density at radius 3 is 2.61 bits per heavy atom. The molecule has 2 amide bonds. The van der Waals surface area contributed by atoms with E-state index in [9.17, 15) is 14.4 Å². The molecular weight excluding hydrogens is 388 g/mol. The zero-order chi connectivity index (χ0) is 20.7. The molecule has 8 nitrogen and oxygen atoms in total. The van der Waals surface area contributed by atoms with Gasteiger partial charge in [-0.2, -0.15) is 0 Å². The number of rotatable bonds is 8. The van der Waals surface area contributed by atoms with Gasteiger partial charge < -0.3 is 24.8 Å². The van der Waals surface area contributed by atoms with E-state index in [1.54, 1.807) is 25.1 Å². The summed E-state index contributed by atoms with van der Waals surface area (Å²) < 4.78 is 15.6. The molecule has 1 aromatic rings. The number of amides is 2. The fourth-order valence-corrected chi connectivity index (χ4v) is 2.74. The summed E-state index contributed by atoms with van der Waals surface area (Å²) in [7, 11) is 0. The smallest absolute Gasteiger partial charge is 0.344 e. The summed E-state index contributed by atoms with van der Waals surface area (Å²) in [5.41, 5.74) is 1.26. The molecular formula is C19H23ClN2O6. The number of hydrogen-bond acceptors (Lipinski definition) is 6. The summed E-state index contributed by atoms with van der Waals surface area (Å²) in [6, 6.07) is 4.02. The average Bonchev–Trinajstić information content (AvgIpc) is 2.66. The van der Waals surface area contributed by atoms with Crippen LogP contribution < -0.4 is 15.4 Å². The summed E-state index contributed by atoms with van der Waals surface area (Å²) >= 11 is 5.95. The standard InChI is InChI=1S/C19H23ClN2O6/c1-4-14-17(18(24)26-5-2)15(22-19(25)21-14)9-28-16(23)10-27-12-6-7-13(20)11(3)8-12/h6-8,14H,4-5,9-10H2,1-3H3,(H2,21,22,25)/t14-/m1/s1. The Labute approximate surface area is 168 Å². The highest BCUT2D eigenvalue weighted by atomic mass is 35.5. The van der Waals surface area contributed by atoms with Gasteiger partial charge in [0.2, 0.25) is 0 Å². The molecule has 0 saturated carbocycles. The minimum absolute atomic E-state index is 0.189. The van der Waals surface area contributed by atoms with Crippen molar-refractivity contribution in [3.63, 3.8) is 0 Å². The lowest BCUT2D eigenvalue weighted by Gasteiger charge is -2.28. The van der Waals surface area contributed by atoms with Gasteiger partial charge >= 0.3 is 18.0 Å². The molecule has 0 fully saturated rings. The summed E-state index contributed by atoms with van der Waals surface area (Å²) in [5, 5.41) is 5.75. The number of esters is 2. The molecule has 152 valence electrons. The van der Waals surface area contributed by atoms with E-state index in [0.29, 0.717) is 17.2 Å². The van der Waals surface area contributed by atoms with Gasteiger partial charge in [0.25, 0.3) is 0 Å². The molecule has 1 aromatic carbocycles.